The molecule has 5 nitrogen and oxygen atoms in total. The average molecular weight is 427 g/mol. The summed E-state index contributed by atoms with van der Waals surface area (Å²) in [6.07, 6.45) is 0.643. The van der Waals surface area contributed by atoms with E-state index in [1.807, 2.05) is 6.07 Å². The molecule has 0 atom stereocenters. The quantitative estimate of drug-likeness (QED) is 0.696. The molecule has 0 radical (unpaired) electrons. The van der Waals surface area contributed by atoms with Crippen molar-refractivity contribution in [1.82, 2.24) is 5.32 Å². The van der Waals surface area contributed by atoms with Crippen LogP contribution in [0.1, 0.15) is 15.9 Å². The van der Waals surface area contributed by atoms with Gasteiger partial charge in [-0.15, -0.1) is 0 Å². The predicted molar refractivity (Wildman–Crippen MR) is 96.4 cm³/mol. The van der Waals surface area contributed by atoms with Gasteiger partial charge in [0.1, 0.15) is 5.75 Å². The first-order chi connectivity index (χ1) is 11.0. The minimum atomic E-state index is -0.171. The van der Waals surface area contributed by atoms with Gasteiger partial charge >= 0.3 is 0 Å². The van der Waals surface area contributed by atoms with Gasteiger partial charge in [-0.3, -0.25) is 4.79 Å². The molecule has 1 amide bonds. The van der Waals surface area contributed by atoms with Gasteiger partial charge in [0.15, 0.2) is 11.5 Å². The van der Waals surface area contributed by atoms with Crippen molar-refractivity contribution in [2.75, 3.05) is 20.8 Å². The molecule has 0 heterocycles. The van der Waals surface area contributed by atoms with Crippen molar-refractivity contribution >= 4 is 28.5 Å². The zero-order valence-electron chi connectivity index (χ0n) is 12.9. The first kappa shape index (κ1) is 17.4. The zero-order chi connectivity index (χ0) is 16.8. The predicted octanol–water partition coefficient (Wildman–Crippen LogP) is 2.99. The maximum atomic E-state index is 12.3. The molecule has 0 aliphatic rings. The number of benzene rings is 2. The number of nitrogens with one attached hydrogen (secondary N) is 1. The van der Waals surface area contributed by atoms with Crippen LogP contribution in [-0.4, -0.2) is 31.8 Å². The Balaban J connectivity index is 2.03. The van der Waals surface area contributed by atoms with Gasteiger partial charge in [-0.2, -0.15) is 0 Å². The van der Waals surface area contributed by atoms with Crippen LogP contribution in [0.25, 0.3) is 0 Å². The third kappa shape index (κ3) is 4.51. The number of phenols is 1. The molecule has 0 fully saturated rings. The maximum absolute atomic E-state index is 12.3. The van der Waals surface area contributed by atoms with E-state index in [1.54, 1.807) is 37.4 Å². The van der Waals surface area contributed by atoms with E-state index in [0.29, 0.717) is 30.0 Å². The summed E-state index contributed by atoms with van der Waals surface area (Å²) in [6, 6.07) is 10.4. The number of carbonyl (C=O) groups is 1. The fraction of sp³-hybridized carbons (Fsp3) is 0.235. The summed E-state index contributed by atoms with van der Waals surface area (Å²) in [5.74, 6) is 1.16. The lowest BCUT2D eigenvalue weighted by atomic mass is 10.1. The van der Waals surface area contributed by atoms with Crippen LogP contribution in [0.5, 0.6) is 17.2 Å². The number of phenolic OH excluding ortho intramolecular Hbond substituents is 1. The maximum Gasteiger partial charge on any atom is 0.252 e. The summed E-state index contributed by atoms with van der Waals surface area (Å²) in [5, 5.41) is 12.3. The molecule has 2 aromatic rings. The topological polar surface area (TPSA) is 67.8 Å². The van der Waals surface area contributed by atoms with E-state index in [1.165, 1.54) is 7.11 Å². The molecule has 2 rings (SSSR count). The van der Waals surface area contributed by atoms with Crippen LogP contribution in [0.2, 0.25) is 0 Å². The summed E-state index contributed by atoms with van der Waals surface area (Å²) in [4.78, 5) is 12.3. The molecule has 0 spiro atoms. The Hall–Kier alpha value is -1.96. The molecule has 6 heteroatoms. The molecule has 0 saturated heterocycles. The minimum absolute atomic E-state index is 0.171. The molecule has 0 unspecified atom stereocenters. The molecule has 23 heavy (non-hydrogen) atoms. The van der Waals surface area contributed by atoms with Crippen LogP contribution in [0.3, 0.4) is 0 Å². The molecule has 0 aliphatic heterocycles. The summed E-state index contributed by atoms with van der Waals surface area (Å²) in [7, 11) is 3.09. The number of methoxy groups -OCH3 is 2. The van der Waals surface area contributed by atoms with E-state index in [4.69, 9.17) is 9.47 Å². The Morgan fingerprint density at radius 3 is 2.52 bits per heavy atom. The average Bonchev–Trinajstić information content (AvgIpc) is 2.54. The second kappa shape index (κ2) is 8.05. The lowest BCUT2D eigenvalue weighted by Crippen LogP contribution is -2.26. The lowest BCUT2D eigenvalue weighted by molar-refractivity contribution is 0.0953. The van der Waals surface area contributed by atoms with Crippen LogP contribution < -0.4 is 14.8 Å². The highest BCUT2D eigenvalue weighted by Gasteiger charge is 2.15. The molecule has 0 bridgehead atoms. The third-order valence-electron chi connectivity index (χ3n) is 3.33. The Kier molecular flexibility index (Phi) is 6.09. The Morgan fingerprint density at radius 2 is 1.87 bits per heavy atom. The first-order valence-electron chi connectivity index (χ1n) is 7.02. The van der Waals surface area contributed by atoms with Crippen LogP contribution in [-0.2, 0) is 6.42 Å². The van der Waals surface area contributed by atoms with Gasteiger partial charge in [-0.05, 0) is 58.8 Å². The van der Waals surface area contributed by atoms with Crippen LogP contribution >= 0.6 is 22.6 Å². The van der Waals surface area contributed by atoms with Gasteiger partial charge < -0.3 is 19.9 Å². The smallest absolute Gasteiger partial charge is 0.252 e. The Labute approximate surface area is 148 Å². The number of hydrogen-bond acceptors (Lipinski definition) is 4. The summed E-state index contributed by atoms with van der Waals surface area (Å²) in [5.41, 5.74) is 1.51. The number of halogens is 1. The number of hydrogen-bond donors (Lipinski definition) is 2. The fourth-order valence-electron chi connectivity index (χ4n) is 2.16. The van der Waals surface area contributed by atoms with Crippen molar-refractivity contribution in [3.8, 4) is 17.2 Å². The number of ether oxygens (including phenoxy) is 2. The van der Waals surface area contributed by atoms with E-state index in [9.17, 15) is 9.90 Å². The molecule has 0 aliphatic carbocycles. The van der Waals surface area contributed by atoms with Crippen molar-refractivity contribution < 1.29 is 19.4 Å². The SMILES string of the molecule is COc1cc(I)c(C(=O)NCCc2cccc(O)c2)cc1OC. The molecular weight excluding hydrogens is 409 g/mol. The molecule has 2 N–H and O–H groups in total. The largest absolute Gasteiger partial charge is 0.508 e. The highest BCUT2D eigenvalue weighted by atomic mass is 127. The van der Waals surface area contributed by atoms with Crippen molar-refractivity contribution in [3.63, 3.8) is 0 Å². The van der Waals surface area contributed by atoms with Gasteiger partial charge in [-0.1, -0.05) is 12.1 Å². The van der Waals surface area contributed by atoms with E-state index in [-0.39, 0.29) is 11.7 Å². The van der Waals surface area contributed by atoms with E-state index in [0.717, 1.165) is 9.13 Å². The second-order valence-corrected chi connectivity index (χ2v) is 6.03. The summed E-state index contributed by atoms with van der Waals surface area (Å²) < 4.78 is 11.2. The van der Waals surface area contributed by atoms with Gasteiger partial charge in [-0.25, -0.2) is 0 Å². The molecular formula is C17H18INO4. The van der Waals surface area contributed by atoms with E-state index in [2.05, 4.69) is 27.9 Å². The van der Waals surface area contributed by atoms with Crippen molar-refractivity contribution in [1.29, 1.82) is 0 Å². The van der Waals surface area contributed by atoms with E-state index < -0.39 is 0 Å². The first-order valence-corrected chi connectivity index (χ1v) is 8.10. The monoisotopic (exact) mass is 427 g/mol. The minimum Gasteiger partial charge on any atom is -0.508 e. The lowest BCUT2D eigenvalue weighted by Gasteiger charge is -2.12. The Bertz CT molecular complexity index is 703. The van der Waals surface area contributed by atoms with Gasteiger partial charge in [0.2, 0.25) is 0 Å². The van der Waals surface area contributed by atoms with Gasteiger partial charge in [0.25, 0.3) is 5.91 Å². The summed E-state index contributed by atoms with van der Waals surface area (Å²) in [6.45, 7) is 0.479. The molecule has 2 aromatic carbocycles. The summed E-state index contributed by atoms with van der Waals surface area (Å²) >= 11 is 2.10. The normalized spacial score (nSPS) is 10.2. The Morgan fingerprint density at radius 1 is 1.17 bits per heavy atom. The molecule has 0 aromatic heterocycles. The van der Waals surface area contributed by atoms with Gasteiger partial charge in [0, 0.05) is 10.1 Å². The number of rotatable bonds is 6. The second-order valence-electron chi connectivity index (χ2n) is 4.86. The number of amides is 1. The van der Waals surface area contributed by atoms with E-state index >= 15 is 0 Å². The molecule has 122 valence electrons. The highest BCUT2D eigenvalue weighted by molar-refractivity contribution is 14.1. The van der Waals surface area contributed by atoms with Crippen molar-refractivity contribution in [2.45, 2.75) is 6.42 Å². The third-order valence-corrected chi connectivity index (χ3v) is 4.22. The van der Waals surface area contributed by atoms with Crippen LogP contribution in [0.4, 0.5) is 0 Å². The van der Waals surface area contributed by atoms with Crippen LogP contribution in [0.15, 0.2) is 36.4 Å². The zero-order valence-corrected chi connectivity index (χ0v) is 15.1. The van der Waals surface area contributed by atoms with Gasteiger partial charge in [0.05, 0.1) is 19.8 Å². The standard InChI is InChI=1S/C17H18INO4/c1-22-15-9-13(14(18)10-16(15)23-2)17(21)19-7-6-11-4-3-5-12(20)8-11/h3-5,8-10,20H,6-7H2,1-2H3,(H,19,21). The van der Waals surface area contributed by atoms with Crippen LogP contribution in [0, 0.1) is 3.57 Å². The number of carbonyl (C=O) groups excluding carboxylic acids is 1. The molecule has 0 saturated carbocycles. The van der Waals surface area contributed by atoms with Crippen molar-refractivity contribution in [2.24, 2.45) is 0 Å². The fourth-order valence-corrected chi connectivity index (χ4v) is 2.84. The highest BCUT2D eigenvalue weighted by Crippen LogP contribution is 2.31. The number of aromatic hydroxyl groups is 1. The van der Waals surface area contributed by atoms with Crippen molar-refractivity contribution in [3.05, 3.63) is 51.1 Å².